The van der Waals surface area contributed by atoms with E-state index in [2.05, 4.69) is 32.1 Å². The van der Waals surface area contributed by atoms with Gasteiger partial charge in [-0.3, -0.25) is 14.6 Å². The number of likely N-dealkylation sites (tertiary alicyclic amines) is 1. The van der Waals surface area contributed by atoms with Gasteiger partial charge in [-0.15, -0.1) is 0 Å². The lowest BCUT2D eigenvalue weighted by molar-refractivity contribution is -0.139. The van der Waals surface area contributed by atoms with E-state index in [0.29, 0.717) is 25.1 Å². The van der Waals surface area contributed by atoms with Crippen LogP contribution in [0.15, 0.2) is 47.0 Å². The first-order valence-electron chi connectivity index (χ1n) is 13.1. The van der Waals surface area contributed by atoms with Crippen LogP contribution < -0.4 is 9.47 Å². The molecule has 2 saturated heterocycles. The van der Waals surface area contributed by atoms with Gasteiger partial charge in [-0.2, -0.15) is 4.98 Å². The van der Waals surface area contributed by atoms with Crippen LogP contribution in [0.1, 0.15) is 29.9 Å². The van der Waals surface area contributed by atoms with E-state index in [1.807, 2.05) is 42.2 Å². The predicted octanol–water partition coefficient (Wildman–Crippen LogP) is 3.33. The van der Waals surface area contributed by atoms with Gasteiger partial charge >= 0.3 is 0 Å². The number of benzene rings is 2. The lowest BCUT2D eigenvalue weighted by Crippen LogP contribution is -2.52. The van der Waals surface area contributed by atoms with Crippen molar-refractivity contribution in [2.75, 3.05) is 46.1 Å². The van der Waals surface area contributed by atoms with Crippen molar-refractivity contribution >= 4 is 5.91 Å². The minimum atomic E-state index is 0.0212. The highest BCUT2D eigenvalue weighted by atomic mass is 16.7. The number of rotatable bonds is 6. The van der Waals surface area contributed by atoms with Crippen molar-refractivity contribution in [3.8, 4) is 22.9 Å². The molecule has 3 aliphatic rings. The molecule has 1 unspecified atom stereocenters. The molecule has 0 bridgehead atoms. The third-order valence-electron chi connectivity index (χ3n) is 7.59. The molecule has 37 heavy (non-hydrogen) atoms. The predicted molar refractivity (Wildman–Crippen MR) is 137 cm³/mol. The fraction of sp³-hybridized carbons (Fsp3) is 0.464. The zero-order valence-electron chi connectivity index (χ0n) is 21.3. The van der Waals surface area contributed by atoms with E-state index in [0.717, 1.165) is 81.3 Å². The van der Waals surface area contributed by atoms with Crippen LogP contribution in [0.25, 0.3) is 11.4 Å². The lowest BCUT2D eigenvalue weighted by Gasteiger charge is -2.38. The molecule has 3 aliphatic heterocycles. The third kappa shape index (κ3) is 5.33. The zero-order chi connectivity index (χ0) is 25.2. The number of piperazine rings is 1. The SMILES string of the molecule is Cc1ccccc1-c1noc(CN2CCCC(C(=O)N3CCN(Cc4ccc5c(c4)OCO5)CC3)C2)n1. The summed E-state index contributed by atoms with van der Waals surface area (Å²) in [5, 5.41) is 4.19. The Balaban J connectivity index is 1.00. The number of hydrogen-bond donors (Lipinski definition) is 0. The Morgan fingerprint density at radius 3 is 2.68 bits per heavy atom. The van der Waals surface area contributed by atoms with Gasteiger partial charge in [0.15, 0.2) is 11.5 Å². The summed E-state index contributed by atoms with van der Waals surface area (Å²) in [6.07, 6.45) is 1.93. The molecule has 6 rings (SSSR count). The molecule has 0 radical (unpaired) electrons. The summed E-state index contributed by atoms with van der Waals surface area (Å²) in [5.74, 6) is 3.15. The van der Waals surface area contributed by atoms with Crippen molar-refractivity contribution in [2.45, 2.75) is 32.9 Å². The van der Waals surface area contributed by atoms with Gasteiger partial charge in [0.2, 0.25) is 24.4 Å². The summed E-state index contributed by atoms with van der Waals surface area (Å²) in [4.78, 5) is 24.7. The lowest BCUT2D eigenvalue weighted by atomic mass is 9.96. The highest BCUT2D eigenvalue weighted by molar-refractivity contribution is 5.79. The number of fused-ring (bicyclic) bond motifs is 1. The first-order valence-corrected chi connectivity index (χ1v) is 13.1. The molecule has 1 aromatic heterocycles. The van der Waals surface area contributed by atoms with Crippen LogP contribution in [-0.4, -0.2) is 76.8 Å². The number of ether oxygens (including phenoxy) is 2. The highest BCUT2D eigenvalue weighted by Crippen LogP contribution is 2.33. The summed E-state index contributed by atoms with van der Waals surface area (Å²) >= 11 is 0. The van der Waals surface area contributed by atoms with Gasteiger partial charge in [-0.1, -0.05) is 35.5 Å². The summed E-state index contributed by atoms with van der Waals surface area (Å²) in [7, 11) is 0. The number of aryl methyl sites for hydroxylation is 1. The second-order valence-electron chi connectivity index (χ2n) is 10.2. The average Bonchev–Trinajstić information content (AvgIpc) is 3.58. The molecule has 1 atom stereocenters. The first kappa shape index (κ1) is 23.9. The van der Waals surface area contributed by atoms with E-state index >= 15 is 0 Å². The molecule has 2 aromatic carbocycles. The summed E-state index contributed by atoms with van der Waals surface area (Å²) in [5.41, 5.74) is 3.31. The Bertz CT molecular complexity index is 1250. The second kappa shape index (κ2) is 10.5. The Morgan fingerprint density at radius 1 is 0.973 bits per heavy atom. The molecular formula is C28H33N5O4. The Hall–Kier alpha value is -3.43. The molecule has 2 fully saturated rings. The number of piperidine rings is 1. The van der Waals surface area contributed by atoms with E-state index in [9.17, 15) is 4.79 Å². The van der Waals surface area contributed by atoms with Crippen molar-refractivity contribution in [1.29, 1.82) is 0 Å². The second-order valence-corrected chi connectivity index (χ2v) is 10.2. The molecule has 0 saturated carbocycles. The number of carbonyl (C=O) groups excluding carboxylic acids is 1. The van der Waals surface area contributed by atoms with Crippen LogP contribution >= 0.6 is 0 Å². The van der Waals surface area contributed by atoms with Gasteiger partial charge < -0.3 is 18.9 Å². The van der Waals surface area contributed by atoms with Crippen LogP contribution in [-0.2, 0) is 17.9 Å². The van der Waals surface area contributed by atoms with Gasteiger partial charge in [0.05, 0.1) is 12.5 Å². The molecule has 0 N–H and O–H groups in total. The molecule has 0 spiro atoms. The molecular weight excluding hydrogens is 470 g/mol. The minimum Gasteiger partial charge on any atom is -0.454 e. The van der Waals surface area contributed by atoms with Crippen LogP contribution in [0.5, 0.6) is 11.5 Å². The van der Waals surface area contributed by atoms with Crippen LogP contribution in [0, 0.1) is 12.8 Å². The average molecular weight is 504 g/mol. The fourth-order valence-electron chi connectivity index (χ4n) is 5.53. The smallest absolute Gasteiger partial charge is 0.241 e. The Kier molecular flexibility index (Phi) is 6.80. The van der Waals surface area contributed by atoms with Crippen molar-refractivity contribution in [1.82, 2.24) is 24.8 Å². The van der Waals surface area contributed by atoms with Gasteiger partial charge in [0, 0.05) is 44.8 Å². The largest absolute Gasteiger partial charge is 0.454 e. The van der Waals surface area contributed by atoms with Gasteiger partial charge in [-0.05, 0) is 49.6 Å². The number of aromatic nitrogens is 2. The van der Waals surface area contributed by atoms with Crippen molar-refractivity contribution < 1.29 is 18.8 Å². The Labute approximate surface area is 216 Å². The Morgan fingerprint density at radius 2 is 1.81 bits per heavy atom. The molecule has 9 heteroatoms. The summed E-state index contributed by atoms with van der Waals surface area (Å²) in [6, 6.07) is 14.2. The summed E-state index contributed by atoms with van der Waals surface area (Å²) in [6.45, 7) is 8.72. The van der Waals surface area contributed by atoms with Gasteiger partial charge in [0.1, 0.15) is 0 Å². The minimum absolute atomic E-state index is 0.0212. The van der Waals surface area contributed by atoms with Crippen molar-refractivity contribution in [2.24, 2.45) is 5.92 Å². The molecule has 1 amide bonds. The van der Waals surface area contributed by atoms with E-state index < -0.39 is 0 Å². The number of nitrogens with zero attached hydrogens (tertiary/aromatic N) is 5. The van der Waals surface area contributed by atoms with Crippen LogP contribution in [0.4, 0.5) is 0 Å². The third-order valence-corrected chi connectivity index (χ3v) is 7.59. The highest BCUT2D eigenvalue weighted by Gasteiger charge is 2.31. The maximum Gasteiger partial charge on any atom is 0.241 e. The normalized spacial score (nSPS) is 20.4. The fourth-order valence-corrected chi connectivity index (χ4v) is 5.53. The summed E-state index contributed by atoms with van der Waals surface area (Å²) < 4.78 is 16.5. The maximum absolute atomic E-state index is 13.4. The molecule has 0 aliphatic carbocycles. The van der Waals surface area contributed by atoms with E-state index in [1.54, 1.807) is 0 Å². The zero-order valence-corrected chi connectivity index (χ0v) is 21.3. The van der Waals surface area contributed by atoms with Crippen LogP contribution in [0.2, 0.25) is 0 Å². The standard InChI is InChI=1S/C28H33N5O4/c1-20-5-2-3-7-23(20)27-29-26(37-30-27)18-32-10-4-6-22(17-32)28(34)33-13-11-31(12-14-33)16-21-8-9-24-25(15-21)36-19-35-24/h2-3,5,7-9,15,22H,4,6,10-14,16-19H2,1H3. The number of carbonyl (C=O) groups is 1. The van der Waals surface area contributed by atoms with Gasteiger partial charge in [0.25, 0.3) is 0 Å². The van der Waals surface area contributed by atoms with Crippen molar-refractivity contribution in [3.05, 3.63) is 59.5 Å². The molecule has 9 nitrogen and oxygen atoms in total. The molecule has 3 aromatic rings. The first-order chi connectivity index (χ1) is 18.1. The van der Waals surface area contributed by atoms with E-state index in [4.69, 9.17) is 14.0 Å². The van der Waals surface area contributed by atoms with Crippen LogP contribution in [0.3, 0.4) is 0 Å². The van der Waals surface area contributed by atoms with E-state index in [1.165, 1.54) is 5.56 Å². The van der Waals surface area contributed by atoms with Gasteiger partial charge in [-0.25, -0.2) is 0 Å². The maximum atomic E-state index is 13.4. The molecule has 194 valence electrons. The van der Waals surface area contributed by atoms with E-state index in [-0.39, 0.29) is 11.8 Å². The molecule has 4 heterocycles. The quantitative estimate of drug-likeness (QED) is 0.507. The van der Waals surface area contributed by atoms with Crippen molar-refractivity contribution in [3.63, 3.8) is 0 Å². The monoisotopic (exact) mass is 503 g/mol. The number of hydrogen-bond acceptors (Lipinski definition) is 8. The number of amides is 1. The topological polar surface area (TPSA) is 84.2 Å².